The summed E-state index contributed by atoms with van der Waals surface area (Å²) in [4.78, 5) is 37.1. The van der Waals surface area contributed by atoms with Crippen molar-refractivity contribution in [3.63, 3.8) is 0 Å². The highest BCUT2D eigenvalue weighted by molar-refractivity contribution is 5.94. The summed E-state index contributed by atoms with van der Waals surface area (Å²) < 4.78 is 4.81. The van der Waals surface area contributed by atoms with Gasteiger partial charge in [0.05, 0.1) is 22.4 Å². The second-order valence-electron chi connectivity index (χ2n) is 3.98. The van der Waals surface area contributed by atoms with E-state index in [1.165, 1.54) is 0 Å². The van der Waals surface area contributed by atoms with Crippen LogP contribution in [0.4, 0.5) is 0 Å². The topological polar surface area (TPSA) is 103 Å². The first-order valence-corrected chi connectivity index (χ1v) is 5.38. The van der Waals surface area contributed by atoms with Gasteiger partial charge < -0.3 is 19.3 Å². The summed E-state index contributed by atoms with van der Waals surface area (Å²) in [5.41, 5.74) is -1.69. The molecule has 0 amide bonds. The average Bonchev–Trinajstić information content (AvgIpc) is 2.38. The van der Waals surface area contributed by atoms with Crippen molar-refractivity contribution in [3.8, 4) is 0 Å². The molecule has 1 aromatic carbocycles. The van der Waals surface area contributed by atoms with Gasteiger partial charge in [-0.2, -0.15) is 0 Å². The Labute approximate surface area is 104 Å². The second-order valence-corrected chi connectivity index (χ2v) is 3.98. The summed E-state index contributed by atoms with van der Waals surface area (Å²) in [6, 6.07) is 7.63. The van der Waals surface area contributed by atoms with Crippen LogP contribution < -0.4 is 16.2 Å². The molecule has 1 N–H and O–H groups in total. The van der Waals surface area contributed by atoms with Crippen molar-refractivity contribution in [3.05, 3.63) is 56.5 Å². The van der Waals surface area contributed by atoms with Crippen molar-refractivity contribution < 1.29 is 14.3 Å². The molecule has 0 aliphatic carbocycles. The molecule has 0 radical (unpaired) electrons. The van der Waals surface area contributed by atoms with Crippen LogP contribution in [0.25, 0.3) is 22.0 Å². The minimum Gasteiger partial charge on any atom is -0.545 e. The van der Waals surface area contributed by atoms with E-state index in [2.05, 4.69) is 4.98 Å². The van der Waals surface area contributed by atoms with E-state index in [4.69, 9.17) is 4.42 Å². The van der Waals surface area contributed by atoms with Gasteiger partial charge in [0.1, 0.15) is 0 Å². The van der Waals surface area contributed by atoms with E-state index in [1.54, 1.807) is 24.3 Å². The number of carbonyl (C=O) groups excluding carboxylic acids is 1. The number of fused-ring (bicyclic) bond motifs is 2. The number of aromatic carboxylic acids is 1. The molecule has 0 saturated carbocycles. The number of hydrogen-bond acceptors (Lipinski definition) is 5. The number of pyridine rings is 1. The molecule has 6 heteroatoms. The Morgan fingerprint density at radius 2 is 1.89 bits per heavy atom. The zero-order chi connectivity index (χ0) is 13.6. The fourth-order valence-electron chi connectivity index (χ4n) is 1.93. The van der Waals surface area contributed by atoms with E-state index in [0.29, 0.717) is 10.9 Å². The van der Waals surface area contributed by atoms with Crippen molar-refractivity contribution in [2.75, 3.05) is 0 Å². The lowest BCUT2D eigenvalue weighted by Crippen LogP contribution is -2.28. The van der Waals surface area contributed by atoms with Gasteiger partial charge in [-0.25, -0.2) is 4.79 Å². The lowest BCUT2D eigenvalue weighted by molar-refractivity contribution is -0.255. The third kappa shape index (κ3) is 1.61. The Kier molecular flexibility index (Phi) is 2.25. The number of aromatic amines is 1. The third-order valence-corrected chi connectivity index (χ3v) is 2.83. The Hall–Kier alpha value is -2.89. The summed E-state index contributed by atoms with van der Waals surface area (Å²) in [6.45, 7) is 0. The minimum atomic E-state index is -1.68. The molecule has 2 heterocycles. The summed E-state index contributed by atoms with van der Waals surface area (Å²) in [7, 11) is 0. The van der Waals surface area contributed by atoms with Crippen molar-refractivity contribution in [2.45, 2.75) is 0 Å². The number of carboxylic acid groups (broad SMARTS) is 1. The largest absolute Gasteiger partial charge is 0.545 e. The molecule has 2 aromatic heterocycles. The molecule has 0 spiro atoms. The van der Waals surface area contributed by atoms with Gasteiger partial charge in [0.2, 0.25) is 11.1 Å². The zero-order valence-corrected chi connectivity index (χ0v) is 9.43. The van der Waals surface area contributed by atoms with Crippen LogP contribution in [0.2, 0.25) is 0 Å². The quantitative estimate of drug-likeness (QED) is 0.617. The molecule has 0 aliphatic heterocycles. The van der Waals surface area contributed by atoms with E-state index >= 15 is 0 Å². The molecule has 0 aliphatic rings. The first-order valence-electron chi connectivity index (χ1n) is 5.38. The number of nitrogens with one attached hydrogen (secondary N) is 1. The monoisotopic (exact) mass is 256 g/mol. The smallest absolute Gasteiger partial charge is 0.346 e. The highest BCUT2D eigenvalue weighted by Gasteiger charge is 2.11. The number of carboxylic acids is 1. The molecule has 0 atom stereocenters. The molecular weight excluding hydrogens is 250 g/mol. The lowest BCUT2D eigenvalue weighted by atomic mass is 10.1. The molecule has 0 saturated heterocycles. The second kappa shape index (κ2) is 3.81. The molecule has 0 fully saturated rings. The van der Waals surface area contributed by atoms with E-state index < -0.39 is 22.6 Å². The summed E-state index contributed by atoms with van der Waals surface area (Å²) in [6.07, 6.45) is 0. The predicted octanol–water partition coefficient (Wildman–Crippen LogP) is -0.00200. The first kappa shape index (κ1) is 11.2. The van der Waals surface area contributed by atoms with E-state index in [9.17, 15) is 19.5 Å². The van der Waals surface area contributed by atoms with Gasteiger partial charge in [0.25, 0.3) is 0 Å². The van der Waals surface area contributed by atoms with Gasteiger partial charge in [-0.3, -0.25) is 4.79 Å². The predicted molar refractivity (Wildman–Crippen MR) is 64.9 cm³/mol. The number of carbonyl (C=O) groups is 1. The molecule has 6 nitrogen and oxygen atoms in total. The van der Waals surface area contributed by atoms with Crippen LogP contribution in [0.3, 0.4) is 0 Å². The van der Waals surface area contributed by atoms with Gasteiger partial charge in [-0.15, -0.1) is 0 Å². The number of rotatable bonds is 1. The number of H-pyrrole nitrogens is 1. The molecule has 0 bridgehead atoms. The Balaban J connectivity index is 2.56. The fraction of sp³-hybridized carbons (Fsp3) is 0. The Morgan fingerprint density at radius 3 is 2.63 bits per heavy atom. The van der Waals surface area contributed by atoms with Gasteiger partial charge in [0, 0.05) is 5.39 Å². The molecule has 3 aromatic rings. The minimum absolute atomic E-state index is 0.00231. The van der Waals surface area contributed by atoms with Crippen molar-refractivity contribution in [2.24, 2.45) is 0 Å². The first-order chi connectivity index (χ1) is 9.08. The van der Waals surface area contributed by atoms with Crippen molar-refractivity contribution >= 4 is 28.0 Å². The van der Waals surface area contributed by atoms with Crippen LogP contribution >= 0.6 is 0 Å². The number of hydrogen-bond donors (Lipinski definition) is 1. The van der Waals surface area contributed by atoms with Crippen LogP contribution in [0, 0.1) is 0 Å². The highest BCUT2D eigenvalue weighted by Crippen LogP contribution is 2.13. The molecular formula is C13H6NO5-. The zero-order valence-electron chi connectivity index (χ0n) is 9.43. The maximum Gasteiger partial charge on any atom is 0.346 e. The number of benzene rings is 1. The lowest BCUT2D eigenvalue weighted by Gasteiger charge is -2.04. The van der Waals surface area contributed by atoms with E-state index in [-0.39, 0.29) is 11.1 Å². The molecule has 0 unspecified atom stereocenters. The normalized spacial score (nSPS) is 10.9. The van der Waals surface area contributed by atoms with Gasteiger partial charge >= 0.3 is 5.63 Å². The molecule has 19 heavy (non-hydrogen) atoms. The summed E-state index contributed by atoms with van der Waals surface area (Å²) >= 11 is 0. The van der Waals surface area contributed by atoms with Crippen LogP contribution in [0.15, 0.2) is 44.3 Å². The maximum absolute atomic E-state index is 12.2. The third-order valence-electron chi connectivity index (χ3n) is 2.83. The maximum atomic E-state index is 12.2. The molecule has 94 valence electrons. The van der Waals surface area contributed by atoms with Crippen LogP contribution in [0.1, 0.15) is 10.4 Å². The Morgan fingerprint density at radius 1 is 1.16 bits per heavy atom. The fourth-order valence-corrected chi connectivity index (χ4v) is 1.93. The summed E-state index contributed by atoms with van der Waals surface area (Å²) in [5.74, 6) is -1.68. The SMILES string of the molecule is O=C([O-])c1cc2c(=O)c3ccccc3[nH]c2oc1=O. The summed E-state index contributed by atoms with van der Waals surface area (Å²) in [5, 5.41) is 11.1. The van der Waals surface area contributed by atoms with E-state index in [0.717, 1.165) is 6.07 Å². The van der Waals surface area contributed by atoms with Crippen LogP contribution in [-0.2, 0) is 0 Å². The van der Waals surface area contributed by atoms with Crippen LogP contribution in [-0.4, -0.2) is 11.0 Å². The number of para-hydroxylation sites is 1. The Bertz CT molecular complexity index is 935. The van der Waals surface area contributed by atoms with Gasteiger partial charge in [-0.05, 0) is 18.2 Å². The van der Waals surface area contributed by atoms with Crippen molar-refractivity contribution in [1.82, 2.24) is 4.98 Å². The van der Waals surface area contributed by atoms with Crippen LogP contribution in [0.5, 0.6) is 0 Å². The standard InChI is InChI=1S/C13H7NO5/c15-10-6-3-1-2-4-9(6)14-11-7(10)5-8(12(16)17)13(18)19-11/h1-5H,(H,14,15)(H,16,17)/p-1. The molecule has 3 rings (SSSR count). The number of aromatic nitrogens is 1. The van der Waals surface area contributed by atoms with E-state index in [1.807, 2.05) is 0 Å². The van der Waals surface area contributed by atoms with Gasteiger partial charge in [0.15, 0.2) is 0 Å². The average molecular weight is 256 g/mol. The van der Waals surface area contributed by atoms with Gasteiger partial charge in [-0.1, -0.05) is 12.1 Å². The highest BCUT2D eigenvalue weighted by atomic mass is 16.4. The van der Waals surface area contributed by atoms with Crippen molar-refractivity contribution in [1.29, 1.82) is 0 Å².